The first-order chi connectivity index (χ1) is 14.5. The van der Waals surface area contributed by atoms with Crippen LogP contribution in [0.25, 0.3) is 0 Å². The van der Waals surface area contributed by atoms with Gasteiger partial charge >= 0.3 is 5.97 Å². The molecule has 0 spiro atoms. The number of likely N-dealkylation sites (N-methyl/N-ethyl adjacent to an activating group) is 1. The van der Waals surface area contributed by atoms with Crippen LogP contribution in [0.5, 0.6) is 0 Å². The fraction of sp³-hybridized carbons (Fsp3) is 0.963. The molecule has 0 aromatic carbocycles. The van der Waals surface area contributed by atoms with Gasteiger partial charge in [0.15, 0.2) is 6.54 Å². The molecule has 0 bridgehead atoms. The number of unbranched alkanes of at least 4 members (excludes halogenated alkanes) is 19. The van der Waals surface area contributed by atoms with Crippen LogP contribution in [0.2, 0.25) is 0 Å². The van der Waals surface area contributed by atoms with Crippen molar-refractivity contribution in [1.82, 2.24) is 0 Å². The molecule has 0 aliphatic heterocycles. The summed E-state index contributed by atoms with van der Waals surface area (Å²) in [6.07, 6.45) is 28.3. The highest BCUT2D eigenvalue weighted by Crippen LogP contribution is 2.15. The van der Waals surface area contributed by atoms with E-state index >= 15 is 0 Å². The van der Waals surface area contributed by atoms with E-state index in [-0.39, 0.29) is 5.97 Å². The van der Waals surface area contributed by atoms with Crippen molar-refractivity contribution in [2.75, 3.05) is 34.3 Å². The normalized spacial score (nSPS) is 11.7. The Balaban J connectivity index is 3.19. The minimum Gasteiger partial charge on any atom is -0.465 e. The largest absolute Gasteiger partial charge is 0.465 e. The van der Waals surface area contributed by atoms with Gasteiger partial charge in [-0.15, -0.1) is 0 Å². The van der Waals surface area contributed by atoms with Gasteiger partial charge < -0.3 is 9.22 Å². The molecule has 0 N–H and O–H groups in total. The fourth-order valence-corrected chi connectivity index (χ4v) is 4.29. The molecule has 0 atom stereocenters. The summed E-state index contributed by atoms with van der Waals surface area (Å²) in [5.41, 5.74) is 0. The second-order valence-electron chi connectivity index (χ2n) is 10.1. The number of esters is 1. The van der Waals surface area contributed by atoms with E-state index in [1.807, 2.05) is 0 Å². The Morgan fingerprint density at radius 2 is 0.867 bits per heavy atom. The second kappa shape index (κ2) is 21.7. The van der Waals surface area contributed by atoms with E-state index in [0.717, 1.165) is 11.0 Å². The van der Waals surface area contributed by atoms with Crippen LogP contribution < -0.4 is 0 Å². The third-order valence-corrected chi connectivity index (χ3v) is 6.40. The summed E-state index contributed by atoms with van der Waals surface area (Å²) in [5, 5.41) is 0. The topological polar surface area (TPSA) is 26.3 Å². The summed E-state index contributed by atoms with van der Waals surface area (Å²) < 4.78 is 5.52. The van der Waals surface area contributed by atoms with Gasteiger partial charge in [-0.2, -0.15) is 0 Å². The Morgan fingerprint density at radius 1 is 0.567 bits per heavy atom. The zero-order valence-electron chi connectivity index (χ0n) is 21.3. The molecule has 3 nitrogen and oxygen atoms in total. The molecule has 0 unspecified atom stereocenters. The monoisotopic (exact) mass is 426 g/mol. The van der Waals surface area contributed by atoms with Gasteiger partial charge in [0.25, 0.3) is 0 Å². The molecule has 0 aliphatic rings. The van der Waals surface area contributed by atoms with Crippen molar-refractivity contribution >= 4 is 5.97 Å². The molecule has 30 heavy (non-hydrogen) atoms. The predicted molar refractivity (Wildman–Crippen MR) is 132 cm³/mol. The number of ether oxygens (including phenoxy) is 1. The number of methoxy groups -OCH3 is 1. The molecule has 0 rings (SSSR count). The Hall–Kier alpha value is -0.570. The van der Waals surface area contributed by atoms with Gasteiger partial charge in [0, 0.05) is 0 Å². The van der Waals surface area contributed by atoms with Gasteiger partial charge in [-0.25, -0.2) is 4.79 Å². The molecule has 0 aromatic rings. The molecule has 0 saturated carbocycles. The first kappa shape index (κ1) is 29.4. The van der Waals surface area contributed by atoms with Gasteiger partial charge in [0.2, 0.25) is 0 Å². The van der Waals surface area contributed by atoms with Crippen LogP contribution in [-0.4, -0.2) is 44.7 Å². The Labute approximate surface area is 189 Å². The lowest BCUT2D eigenvalue weighted by molar-refractivity contribution is -0.883. The van der Waals surface area contributed by atoms with Gasteiger partial charge in [0.1, 0.15) is 0 Å². The number of rotatable bonds is 23. The first-order valence-electron chi connectivity index (χ1n) is 13.4. The lowest BCUT2D eigenvalue weighted by Crippen LogP contribution is -2.44. The van der Waals surface area contributed by atoms with E-state index in [1.165, 1.54) is 136 Å². The first-order valence-corrected chi connectivity index (χ1v) is 13.4. The highest BCUT2D eigenvalue weighted by molar-refractivity contribution is 5.70. The van der Waals surface area contributed by atoms with Crippen LogP contribution in [0.4, 0.5) is 0 Å². The maximum absolute atomic E-state index is 11.4. The number of hydrogen-bond donors (Lipinski definition) is 0. The molecule has 0 aliphatic carbocycles. The highest BCUT2D eigenvalue weighted by Gasteiger charge is 2.19. The molecule has 180 valence electrons. The third kappa shape index (κ3) is 22.1. The average molecular weight is 427 g/mol. The Bertz CT molecular complexity index is 368. The molecule has 0 radical (unpaired) electrons. The summed E-state index contributed by atoms with van der Waals surface area (Å²) in [5.74, 6) is -0.104. The van der Waals surface area contributed by atoms with E-state index in [0.29, 0.717) is 6.54 Å². The van der Waals surface area contributed by atoms with E-state index < -0.39 is 0 Å². The number of hydrogen-bond acceptors (Lipinski definition) is 2. The van der Waals surface area contributed by atoms with Gasteiger partial charge in [-0.1, -0.05) is 122 Å². The molecule has 0 aromatic heterocycles. The molecule has 0 saturated heterocycles. The van der Waals surface area contributed by atoms with Gasteiger partial charge in [-0.05, 0) is 12.8 Å². The molecule has 0 fully saturated rings. The van der Waals surface area contributed by atoms with Crippen LogP contribution in [-0.2, 0) is 9.53 Å². The highest BCUT2D eigenvalue weighted by atomic mass is 16.5. The summed E-state index contributed by atoms with van der Waals surface area (Å²) in [7, 11) is 5.71. The summed E-state index contributed by atoms with van der Waals surface area (Å²) >= 11 is 0. The predicted octanol–water partition coefficient (Wildman–Crippen LogP) is 8.06. The molecule has 3 heteroatoms. The number of quaternary nitrogens is 1. The van der Waals surface area contributed by atoms with Crippen molar-refractivity contribution in [2.24, 2.45) is 0 Å². The van der Waals surface area contributed by atoms with E-state index in [2.05, 4.69) is 21.0 Å². The van der Waals surface area contributed by atoms with E-state index in [9.17, 15) is 4.79 Å². The van der Waals surface area contributed by atoms with E-state index in [1.54, 1.807) is 0 Å². The summed E-state index contributed by atoms with van der Waals surface area (Å²) in [6, 6.07) is 0. The van der Waals surface area contributed by atoms with Crippen LogP contribution in [0, 0.1) is 0 Å². The Kier molecular flexibility index (Phi) is 21.2. The van der Waals surface area contributed by atoms with Crippen LogP contribution in [0.3, 0.4) is 0 Å². The molecule has 0 heterocycles. The van der Waals surface area contributed by atoms with Crippen LogP contribution >= 0.6 is 0 Å². The molecular weight excluding hydrogens is 370 g/mol. The standard InChI is InChI=1S/C27H56NO2/c1-5-6-7-8-9-10-11-12-13-14-15-16-17-18-19-20-21-22-23-24-25-28(2,3)26-27(29)30-4/h5-26H2,1-4H3/q+1. The van der Waals surface area contributed by atoms with Crippen LogP contribution in [0.1, 0.15) is 135 Å². The van der Waals surface area contributed by atoms with Crippen molar-refractivity contribution in [3.8, 4) is 0 Å². The SMILES string of the molecule is CCCCCCCCCCCCCCCCCCCCCC[N+](C)(C)CC(=O)OC. The van der Waals surface area contributed by atoms with Crippen molar-refractivity contribution in [2.45, 2.75) is 135 Å². The zero-order valence-corrected chi connectivity index (χ0v) is 21.3. The van der Waals surface area contributed by atoms with Crippen molar-refractivity contribution < 1.29 is 14.0 Å². The van der Waals surface area contributed by atoms with Crippen molar-refractivity contribution in [3.63, 3.8) is 0 Å². The van der Waals surface area contributed by atoms with E-state index in [4.69, 9.17) is 4.74 Å². The number of carbonyl (C=O) groups is 1. The zero-order chi connectivity index (χ0) is 22.3. The van der Waals surface area contributed by atoms with Crippen LogP contribution in [0.15, 0.2) is 0 Å². The lowest BCUT2D eigenvalue weighted by Gasteiger charge is -2.28. The summed E-state index contributed by atoms with van der Waals surface area (Å²) in [6.45, 7) is 3.84. The average Bonchev–Trinajstić information content (AvgIpc) is 2.71. The Morgan fingerprint density at radius 3 is 1.17 bits per heavy atom. The van der Waals surface area contributed by atoms with Gasteiger partial charge in [-0.3, -0.25) is 0 Å². The fourth-order valence-electron chi connectivity index (χ4n) is 4.29. The summed E-state index contributed by atoms with van der Waals surface area (Å²) in [4.78, 5) is 11.4. The quantitative estimate of drug-likeness (QED) is 0.0938. The minimum atomic E-state index is -0.104. The molecule has 0 amide bonds. The lowest BCUT2D eigenvalue weighted by atomic mass is 10.0. The second-order valence-corrected chi connectivity index (χ2v) is 10.1. The number of nitrogens with zero attached hydrogens (tertiary/aromatic N) is 1. The number of carbonyl (C=O) groups excluding carboxylic acids is 1. The van der Waals surface area contributed by atoms with Crippen molar-refractivity contribution in [1.29, 1.82) is 0 Å². The maximum atomic E-state index is 11.4. The smallest absolute Gasteiger partial charge is 0.361 e. The maximum Gasteiger partial charge on any atom is 0.361 e. The van der Waals surface area contributed by atoms with Crippen molar-refractivity contribution in [3.05, 3.63) is 0 Å². The minimum absolute atomic E-state index is 0.104. The third-order valence-electron chi connectivity index (χ3n) is 6.40. The molecular formula is C27H56NO2+. The van der Waals surface area contributed by atoms with Gasteiger partial charge in [0.05, 0.1) is 27.7 Å².